The van der Waals surface area contributed by atoms with E-state index < -0.39 is 34.8 Å². The van der Waals surface area contributed by atoms with Crippen LogP contribution in [0.5, 0.6) is 0 Å². The Morgan fingerprint density at radius 3 is 1.97 bits per heavy atom. The third-order valence-electron chi connectivity index (χ3n) is 4.69. The molecule has 32 heavy (non-hydrogen) atoms. The minimum Gasteiger partial charge on any atom is -0.509 e. The van der Waals surface area contributed by atoms with Gasteiger partial charge in [-0.05, 0) is 46.9 Å². The monoisotopic (exact) mass is 478 g/mol. The smallest absolute Gasteiger partial charge is 0.172 e. The Morgan fingerprint density at radius 1 is 0.844 bits per heavy atom. The quantitative estimate of drug-likeness (QED) is 0.164. The van der Waals surface area contributed by atoms with Gasteiger partial charge < -0.3 is 30.6 Å². The average Bonchev–Trinajstić information content (AvgIpc) is 2.79. The number of rotatable bonds is 11. The Morgan fingerprint density at radius 2 is 1.41 bits per heavy atom. The highest BCUT2D eigenvalue weighted by atomic mass is 32.2. The van der Waals surface area contributed by atoms with Gasteiger partial charge >= 0.3 is 0 Å². The SMILES string of the molecule is CCSc1ccc(C=C(O)[C@H](O)[C@@H](O)[C@@](O)(SCC)[C@H](O)C(O)=Cc2ccccc2)cc1. The molecule has 0 bridgehead atoms. The van der Waals surface area contributed by atoms with Gasteiger partial charge in [-0.15, -0.1) is 23.5 Å². The van der Waals surface area contributed by atoms with Gasteiger partial charge in [0.1, 0.15) is 23.7 Å². The summed E-state index contributed by atoms with van der Waals surface area (Å²) in [6, 6.07) is 15.9. The predicted octanol–water partition coefficient (Wildman–Crippen LogP) is 3.82. The molecule has 2 aromatic rings. The number of benzene rings is 2. The molecule has 0 saturated heterocycles. The van der Waals surface area contributed by atoms with Crippen molar-refractivity contribution in [3.63, 3.8) is 0 Å². The van der Waals surface area contributed by atoms with Crippen LogP contribution in [-0.2, 0) is 0 Å². The van der Waals surface area contributed by atoms with Crippen LogP contribution in [0.3, 0.4) is 0 Å². The van der Waals surface area contributed by atoms with Crippen molar-refractivity contribution in [2.24, 2.45) is 0 Å². The second kappa shape index (κ2) is 12.3. The van der Waals surface area contributed by atoms with Crippen molar-refractivity contribution in [2.45, 2.75) is 42.0 Å². The van der Waals surface area contributed by atoms with Gasteiger partial charge in [0.25, 0.3) is 0 Å². The molecule has 0 aliphatic rings. The second-order valence-electron chi connectivity index (χ2n) is 7.03. The average molecular weight is 479 g/mol. The van der Waals surface area contributed by atoms with Crippen LogP contribution in [0.25, 0.3) is 12.2 Å². The van der Waals surface area contributed by atoms with Gasteiger partial charge in [0, 0.05) is 4.90 Å². The van der Waals surface area contributed by atoms with Crippen LogP contribution < -0.4 is 0 Å². The van der Waals surface area contributed by atoms with Crippen LogP contribution >= 0.6 is 23.5 Å². The van der Waals surface area contributed by atoms with Crippen molar-refractivity contribution in [3.8, 4) is 0 Å². The number of thioether (sulfide) groups is 2. The second-order valence-corrected chi connectivity index (χ2v) is 9.89. The fraction of sp³-hybridized carbons (Fsp3) is 0.333. The molecule has 6 N–H and O–H groups in total. The minimum atomic E-state index is -2.38. The Bertz CT molecular complexity index is 900. The highest BCUT2D eigenvalue weighted by molar-refractivity contribution is 8.00. The van der Waals surface area contributed by atoms with E-state index in [0.717, 1.165) is 22.4 Å². The summed E-state index contributed by atoms with van der Waals surface area (Å²) >= 11 is 2.41. The van der Waals surface area contributed by atoms with Crippen molar-refractivity contribution < 1.29 is 30.6 Å². The molecule has 4 atom stereocenters. The molecule has 0 fully saturated rings. The van der Waals surface area contributed by atoms with Gasteiger partial charge in [-0.2, -0.15) is 0 Å². The molecule has 2 aromatic carbocycles. The van der Waals surface area contributed by atoms with E-state index in [1.165, 1.54) is 12.2 Å². The third-order valence-corrected chi connectivity index (χ3v) is 6.80. The van der Waals surface area contributed by atoms with Gasteiger partial charge in [-0.1, -0.05) is 56.3 Å². The van der Waals surface area contributed by atoms with E-state index in [0.29, 0.717) is 11.1 Å². The number of hydrogen-bond donors (Lipinski definition) is 6. The predicted molar refractivity (Wildman–Crippen MR) is 132 cm³/mol. The summed E-state index contributed by atoms with van der Waals surface area (Å²) in [7, 11) is 0. The lowest BCUT2D eigenvalue weighted by Gasteiger charge is -2.37. The summed E-state index contributed by atoms with van der Waals surface area (Å²) < 4.78 is 0. The molecule has 0 spiro atoms. The van der Waals surface area contributed by atoms with Gasteiger partial charge in [-0.3, -0.25) is 0 Å². The first-order valence-corrected chi connectivity index (χ1v) is 12.2. The molecule has 174 valence electrons. The van der Waals surface area contributed by atoms with E-state index in [4.69, 9.17) is 0 Å². The fourth-order valence-corrected chi connectivity index (χ4v) is 4.74. The summed E-state index contributed by atoms with van der Waals surface area (Å²) in [6.07, 6.45) is -3.29. The fourth-order valence-electron chi connectivity index (χ4n) is 3.04. The molecule has 0 radical (unpaired) electrons. The van der Waals surface area contributed by atoms with Crippen LogP contribution in [0, 0.1) is 0 Å². The zero-order valence-corrected chi connectivity index (χ0v) is 19.6. The first-order valence-electron chi connectivity index (χ1n) is 10.2. The van der Waals surface area contributed by atoms with Crippen molar-refractivity contribution in [1.82, 2.24) is 0 Å². The summed E-state index contributed by atoms with van der Waals surface area (Å²) in [5.41, 5.74) is 1.17. The first-order chi connectivity index (χ1) is 15.2. The summed E-state index contributed by atoms with van der Waals surface area (Å²) in [5.74, 6) is 0.0183. The van der Waals surface area contributed by atoms with Gasteiger partial charge in [-0.25, -0.2) is 0 Å². The lowest BCUT2D eigenvalue weighted by atomic mass is 9.98. The first kappa shape index (κ1) is 26.3. The van der Waals surface area contributed by atoms with Crippen molar-refractivity contribution in [2.75, 3.05) is 11.5 Å². The van der Waals surface area contributed by atoms with E-state index >= 15 is 0 Å². The zero-order chi connectivity index (χ0) is 23.7. The molecular weight excluding hydrogens is 448 g/mol. The van der Waals surface area contributed by atoms with Gasteiger partial charge in [0.05, 0.1) is 0 Å². The maximum absolute atomic E-state index is 11.0. The lowest BCUT2D eigenvalue weighted by Crippen LogP contribution is -2.55. The summed E-state index contributed by atoms with van der Waals surface area (Å²) in [5, 5.41) is 63.6. The maximum atomic E-state index is 11.0. The van der Waals surface area contributed by atoms with Gasteiger partial charge in [0.15, 0.2) is 11.0 Å². The van der Waals surface area contributed by atoms with Gasteiger partial charge in [0.2, 0.25) is 0 Å². The Hall–Kier alpha value is -1.94. The summed E-state index contributed by atoms with van der Waals surface area (Å²) in [6.45, 7) is 3.73. The Balaban J connectivity index is 2.25. The number of hydrogen-bond acceptors (Lipinski definition) is 8. The van der Waals surface area contributed by atoms with Crippen LogP contribution in [0.15, 0.2) is 71.0 Å². The van der Waals surface area contributed by atoms with Crippen LogP contribution in [0.4, 0.5) is 0 Å². The number of aliphatic hydroxyl groups excluding tert-OH is 5. The van der Waals surface area contributed by atoms with E-state index in [1.807, 2.05) is 19.1 Å². The number of aliphatic hydroxyl groups is 6. The Kier molecular flexibility index (Phi) is 10.1. The van der Waals surface area contributed by atoms with Crippen molar-refractivity contribution in [1.29, 1.82) is 0 Å². The maximum Gasteiger partial charge on any atom is 0.172 e. The van der Waals surface area contributed by atoms with Crippen LogP contribution in [-0.4, -0.2) is 65.4 Å². The molecule has 6 nitrogen and oxygen atoms in total. The van der Waals surface area contributed by atoms with Crippen LogP contribution in [0.2, 0.25) is 0 Å². The van der Waals surface area contributed by atoms with Crippen molar-refractivity contribution in [3.05, 3.63) is 77.2 Å². The lowest BCUT2D eigenvalue weighted by molar-refractivity contribution is -0.120. The van der Waals surface area contributed by atoms with Crippen LogP contribution in [0.1, 0.15) is 25.0 Å². The molecule has 0 saturated carbocycles. The molecule has 0 heterocycles. The molecule has 0 aliphatic heterocycles. The molecule has 0 amide bonds. The molecule has 0 aliphatic carbocycles. The van der Waals surface area contributed by atoms with E-state index in [1.54, 1.807) is 61.2 Å². The van der Waals surface area contributed by atoms with Crippen molar-refractivity contribution >= 4 is 35.7 Å². The molecule has 2 rings (SSSR count). The normalized spacial score (nSPS) is 17.4. The highest BCUT2D eigenvalue weighted by Crippen LogP contribution is 2.36. The molecule has 8 heteroatoms. The standard InChI is InChI=1S/C24H30O6S2/c1-3-31-18-12-10-17(11-13-18)14-19(25)21(27)23(29)24(30,32-4-2)22(28)20(26)15-16-8-6-5-7-9-16/h5-15,21-23,25-30H,3-4H2,1-2H3/t21-,22+,23+,24-/m0/s1. The largest absolute Gasteiger partial charge is 0.509 e. The molecule has 0 aromatic heterocycles. The topological polar surface area (TPSA) is 121 Å². The molecule has 0 unspecified atom stereocenters. The molecular formula is C24H30O6S2. The summed E-state index contributed by atoms with van der Waals surface area (Å²) in [4.78, 5) is -1.32. The zero-order valence-electron chi connectivity index (χ0n) is 18.0. The van der Waals surface area contributed by atoms with E-state index in [2.05, 4.69) is 0 Å². The highest BCUT2D eigenvalue weighted by Gasteiger charge is 2.49. The van der Waals surface area contributed by atoms with E-state index in [9.17, 15) is 30.6 Å². The minimum absolute atomic E-state index is 0.261. The van der Waals surface area contributed by atoms with E-state index in [-0.39, 0.29) is 5.75 Å². The third kappa shape index (κ3) is 6.78. The Labute approximate surface area is 197 Å².